The Morgan fingerprint density at radius 2 is 2.00 bits per heavy atom. The number of hydrogen-bond donors (Lipinski definition) is 3. The third-order valence-electron chi connectivity index (χ3n) is 5.91. The van der Waals surface area contributed by atoms with Crippen molar-refractivity contribution in [2.24, 2.45) is 13.0 Å². The van der Waals surface area contributed by atoms with Gasteiger partial charge in [-0.25, -0.2) is 13.1 Å². The van der Waals surface area contributed by atoms with E-state index in [1.807, 2.05) is 29.8 Å². The summed E-state index contributed by atoms with van der Waals surface area (Å²) in [4.78, 5) is 0.256. The van der Waals surface area contributed by atoms with Crippen LogP contribution in [0.2, 0.25) is 0 Å². The number of fused-ring (bicyclic) bond motifs is 3. The maximum absolute atomic E-state index is 13.2. The largest absolute Gasteiger partial charge is 0.390 e. The number of aryl methyl sites for hydroxylation is 1. The molecule has 0 amide bonds. The molecule has 2 saturated carbocycles. The Hall–Kier alpha value is -1.41. The van der Waals surface area contributed by atoms with Gasteiger partial charge in [0.1, 0.15) is 4.90 Å². The van der Waals surface area contributed by atoms with Crippen molar-refractivity contribution in [1.29, 1.82) is 0 Å². The summed E-state index contributed by atoms with van der Waals surface area (Å²) in [5.41, 5.74) is 0.554. The van der Waals surface area contributed by atoms with Crippen LogP contribution in [0.15, 0.2) is 29.2 Å². The second-order valence-electron chi connectivity index (χ2n) is 7.19. The molecule has 1 aromatic heterocycles. The van der Waals surface area contributed by atoms with Crippen molar-refractivity contribution in [1.82, 2.24) is 9.29 Å². The Morgan fingerprint density at radius 3 is 2.67 bits per heavy atom. The van der Waals surface area contributed by atoms with E-state index in [1.54, 1.807) is 13.0 Å². The zero-order valence-corrected chi connectivity index (χ0v) is 14.5. The highest BCUT2D eigenvalue weighted by atomic mass is 32.2. The molecular formula is C17H22N2O4S. The Morgan fingerprint density at radius 1 is 1.29 bits per heavy atom. The predicted octanol–water partition coefficient (Wildman–Crippen LogP) is 1.04. The molecule has 0 radical (unpaired) electrons. The second-order valence-corrected chi connectivity index (χ2v) is 8.81. The molecule has 2 aromatic rings. The first-order chi connectivity index (χ1) is 11.3. The summed E-state index contributed by atoms with van der Waals surface area (Å²) in [6, 6.07) is 7.38. The van der Waals surface area contributed by atoms with Crippen LogP contribution >= 0.6 is 0 Å². The predicted molar refractivity (Wildman–Crippen MR) is 90.1 cm³/mol. The maximum Gasteiger partial charge on any atom is 0.243 e. The van der Waals surface area contributed by atoms with Crippen molar-refractivity contribution in [2.75, 3.05) is 0 Å². The van der Waals surface area contributed by atoms with Gasteiger partial charge in [0.15, 0.2) is 0 Å². The van der Waals surface area contributed by atoms with Gasteiger partial charge < -0.3 is 14.8 Å². The van der Waals surface area contributed by atoms with Crippen LogP contribution in [0.25, 0.3) is 10.9 Å². The minimum atomic E-state index is -3.82. The van der Waals surface area contributed by atoms with Crippen LogP contribution in [0.4, 0.5) is 0 Å². The Balaban J connectivity index is 1.81. The number of rotatable bonds is 3. The average molecular weight is 350 g/mol. The van der Waals surface area contributed by atoms with Crippen LogP contribution in [0, 0.1) is 12.8 Å². The minimum Gasteiger partial charge on any atom is -0.390 e. The van der Waals surface area contributed by atoms with Crippen molar-refractivity contribution in [3.63, 3.8) is 0 Å². The quantitative estimate of drug-likeness (QED) is 0.771. The molecule has 24 heavy (non-hydrogen) atoms. The van der Waals surface area contributed by atoms with E-state index in [9.17, 15) is 18.6 Å². The fourth-order valence-corrected chi connectivity index (χ4v) is 6.49. The highest BCUT2D eigenvalue weighted by molar-refractivity contribution is 7.89. The Kier molecular flexibility index (Phi) is 3.38. The lowest BCUT2D eigenvalue weighted by Gasteiger charge is -2.34. The van der Waals surface area contributed by atoms with E-state index in [0.29, 0.717) is 23.9 Å². The van der Waals surface area contributed by atoms with E-state index in [-0.39, 0.29) is 10.8 Å². The molecule has 3 N–H and O–H groups in total. The van der Waals surface area contributed by atoms with Crippen molar-refractivity contribution in [2.45, 2.75) is 48.8 Å². The number of nitrogens with zero attached hydrogens (tertiary/aromatic N) is 1. The molecule has 2 aliphatic carbocycles. The molecule has 2 unspecified atom stereocenters. The van der Waals surface area contributed by atoms with Gasteiger partial charge in [0.05, 0.1) is 17.7 Å². The standard InChI is InChI=1S/C17H22N2O4S/c1-10-15(12-5-3-4-6-13(12)19(10)2)24(22,23)18-17-8-7-11(9-17)14(20)16(17)21/h3-6,11,14,16,18,20-21H,7-9H2,1-2H3/t11?,14-,16-,17?/m0/s1. The van der Waals surface area contributed by atoms with Gasteiger partial charge in [-0.05, 0) is 38.2 Å². The number of aliphatic hydroxyl groups excluding tert-OH is 2. The number of aromatic nitrogens is 1. The molecule has 0 saturated heterocycles. The number of nitrogens with one attached hydrogen (secondary N) is 1. The summed E-state index contributed by atoms with van der Waals surface area (Å²) >= 11 is 0. The van der Waals surface area contributed by atoms with Crippen molar-refractivity contribution >= 4 is 20.9 Å². The van der Waals surface area contributed by atoms with Crippen molar-refractivity contribution in [3.8, 4) is 0 Å². The van der Waals surface area contributed by atoms with E-state index >= 15 is 0 Å². The molecular weight excluding hydrogens is 328 g/mol. The van der Waals surface area contributed by atoms with Crippen LogP contribution < -0.4 is 4.72 Å². The van der Waals surface area contributed by atoms with Crippen LogP contribution in [-0.2, 0) is 17.1 Å². The molecule has 4 rings (SSSR count). The Bertz CT molecular complexity index is 920. The van der Waals surface area contributed by atoms with Gasteiger partial charge in [0, 0.05) is 23.6 Å². The van der Waals surface area contributed by atoms with E-state index in [4.69, 9.17) is 0 Å². The van der Waals surface area contributed by atoms with E-state index in [1.165, 1.54) is 0 Å². The molecule has 1 heterocycles. The molecule has 2 fully saturated rings. The first-order valence-electron chi connectivity index (χ1n) is 8.21. The lowest BCUT2D eigenvalue weighted by molar-refractivity contribution is -0.0283. The minimum absolute atomic E-state index is 0.0312. The summed E-state index contributed by atoms with van der Waals surface area (Å²) in [5.74, 6) is -0.0312. The molecule has 1 aromatic carbocycles. The number of hydrogen-bond acceptors (Lipinski definition) is 4. The number of para-hydroxylation sites is 1. The molecule has 0 aliphatic heterocycles. The highest BCUT2D eigenvalue weighted by Crippen LogP contribution is 2.48. The molecule has 2 aliphatic rings. The topological polar surface area (TPSA) is 91.6 Å². The maximum atomic E-state index is 13.2. The third kappa shape index (κ3) is 2.02. The average Bonchev–Trinajstić information content (AvgIpc) is 3.13. The zero-order chi connectivity index (χ0) is 17.3. The van der Waals surface area contributed by atoms with Crippen LogP contribution in [0.1, 0.15) is 25.0 Å². The van der Waals surface area contributed by atoms with Crippen molar-refractivity contribution < 1.29 is 18.6 Å². The molecule has 2 bridgehead atoms. The van der Waals surface area contributed by atoms with E-state index < -0.39 is 27.8 Å². The lowest BCUT2D eigenvalue weighted by Crippen LogP contribution is -2.56. The van der Waals surface area contributed by atoms with Gasteiger partial charge in [0.25, 0.3) is 0 Å². The van der Waals surface area contributed by atoms with Crippen LogP contribution in [0.5, 0.6) is 0 Å². The number of sulfonamides is 1. The molecule has 4 atom stereocenters. The first kappa shape index (κ1) is 16.1. The van der Waals surface area contributed by atoms with Gasteiger partial charge in [-0.3, -0.25) is 0 Å². The zero-order valence-electron chi connectivity index (χ0n) is 13.7. The number of benzene rings is 1. The van der Waals surface area contributed by atoms with Gasteiger partial charge in [-0.2, -0.15) is 0 Å². The van der Waals surface area contributed by atoms with Gasteiger partial charge >= 0.3 is 0 Å². The van der Waals surface area contributed by atoms with E-state index in [0.717, 1.165) is 11.9 Å². The molecule has 7 heteroatoms. The third-order valence-corrected chi connectivity index (χ3v) is 7.64. The van der Waals surface area contributed by atoms with Crippen molar-refractivity contribution in [3.05, 3.63) is 30.0 Å². The van der Waals surface area contributed by atoms with Crippen LogP contribution in [0.3, 0.4) is 0 Å². The van der Waals surface area contributed by atoms with E-state index in [2.05, 4.69) is 4.72 Å². The normalized spacial score (nSPS) is 32.8. The lowest BCUT2D eigenvalue weighted by atomic mass is 9.90. The van der Waals surface area contributed by atoms with Gasteiger partial charge in [-0.15, -0.1) is 0 Å². The SMILES string of the molecule is Cc1c(S(=O)(=O)NC23CCC(C2)[C@H](O)[C@@H]3O)c2ccccc2n1C. The number of aliphatic hydroxyl groups is 2. The smallest absolute Gasteiger partial charge is 0.243 e. The highest BCUT2D eigenvalue weighted by Gasteiger charge is 2.58. The first-order valence-corrected chi connectivity index (χ1v) is 9.69. The summed E-state index contributed by atoms with van der Waals surface area (Å²) in [7, 11) is -1.98. The summed E-state index contributed by atoms with van der Waals surface area (Å²) < 4.78 is 30.9. The summed E-state index contributed by atoms with van der Waals surface area (Å²) in [6.45, 7) is 1.78. The fraction of sp³-hybridized carbons (Fsp3) is 0.529. The molecule has 0 spiro atoms. The monoisotopic (exact) mass is 350 g/mol. The van der Waals surface area contributed by atoms with Gasteiger partial charge in [-0.1, -0.05) is 18.2 Å². The molecule has 6 nitrogen and oxygen atoms in total. The summed E-state index contributed by atoms with van der Waals surface area (Å²) in [6.07, 6.45) is -0.136. The second kappa shape index (κ2) is 5.05. The fourth-order valence-electron chi connectivity index (χ4n) is 4.56. The Labute approximate surface area is 141 Å². The van der Waals surface area contributed by atoms with Gasteiger partial charge in [0.2, 0.25) is 10.0 Å². The summed E-state index contributed by atoms with van der Waals surface area (Å²) in [5, 5.41) is 21.1. The molecule has 130 valence electrons. The van der Waals surface area contributed by atoms with Crippen LogP contribution in [-0.4, -0.2) is 40.9 Å².